The number of rotatable bonds is 3. The van der Waals surface area contributed by atoms with Crippen LogP contribution in [0, 0.1) is 5.92 Å². The summed E-state index contributed by atoms with van der Waals surface area (Å²) in [7, 11) is 0. The van der Waals surface area contributed by atoms with E-state index in [1.165, 1.54) is 0 Å². The molecule has 2 aromatic rings. The lowest BCUT2D eigenvalue weighted by molar-refractivity contribution is -0.122. The van der Waals surface area contributed by atoms with Gasteiger partial charge in [-0.1, -0.05) is 27.5 Å². The highest BCUT2D eigenvalue weighted by molar-refractivity contribution is 9.11. The van der Waals surface area contributed by atoms with Gasteiger partial charge in [-0.3, -0.25) is 9.59 Å². The first-order chi connectivity index (χ1) is 11.4. The third kappa shape index (κ3) is 3.82. The molecule has 1 N–H and O–H groups in total. The highest BCUT2D eigenvalue weighted by atomic mass is 79.9. The van der Waals surface area contributed by atoms with Gasteiger partial charge in [-0.15, -0.1) is 0 Å². The molecule has 2 amide bonds. The van der Waals surface area contributed by atoms with Gasteiger partial charge < -0.3 is 10.2 Å². The minimum atomic E-state index is -0.385. The van der Waals surface area contributed by atoms with Crippen LogP contribution in [0.25, 0.3) is 0 Å². The second kappa shape index (κ2) is 7.25. The Balaban J connectivity index is 1.70. The van der Waals surface area contributed by atoms with Crippen molar-refractivity contribution in [3.63, 3.8) is 0 Å². The number of amides is 2. The topological polar surface area (TPSA) is 49.4 Å². The molecule has 0 aromatic heterocycles. The highest BCUT2D eigenvalue weighted by Crippen LogP contribution is 2.29. The predicted molar refractivity (Wildman–Crippen MR) is 102 cm³/mol. The normalized spacial score (nSPS) is 17.2. The monoisotopic (exact) mass is 470 g/mol. The lowest BCUT2D eigenvalue weighted by Crippen LogP contribution is -2.28. The number of nitrogens with zero attached hydrogens (tertiary/aromatic N) is 1. The van der Waals surface area contributed by atoms with Crippen molar-refractivity contribution >= 4 is 66.6 Å². The van der Waals surface area contributed by atoms with Crippen LogP contribution in [-0.2, 0) is 9.59 Å². The van der Waals surface area contributed by atoms with Gasteiger partial charge in [0.25, 0.3) is 0 Å². The summed E-state index contributed by atoms with van der Waals surface area (Å²) < 4.78 is 1.70. The number of carbonyl (C=O) groups is 2. The van der Waals surface area contributed by atoms with Gasteiger partial charge in [-0.05, 0) is 58.4 Å². The van der Waals surface area contributed by atoms with E-state index in [9.17, 15) is 9.59 Å². The molecule has 0 saturated carbocycles. The molecule has 1 fully saturated rings. The minimum Gasteiger partial charge on any atom is -0.325 e. The van der Waals surface area contributed by atoms with Gasteiger partial charge in [0, 0.05) is 32.6 Å². The van der Waals surface area contributed by atoms with Crippen LogP contribution < -0.4 is 10.2 Å². The van der Waals surface area contributed by atoms with E-state index in [4.69, 9.17) is 11.6 Å². The zero-order chi connectivity index (χ0) is 17.3. The van der Waals surface area contributed by atoms with Crippen LogP contribution in [0.4, 0.5) is 11.4 Å². The molecule has 7 heteroatoms. The fourth-order valence-corrected chi connectivity index (χ4v) is 3.85. The van der Waals surface area contributed by atoms with E-state index in [1.807, 2.05) is 12.1 Å². The lowest BCUT2D eigenvalue weighted by Gasteiger charge is -2.17. The molecule has 1 heterocycles. The SMILES string of the molecule is O=C(Nc1ccc(Br)cc1Br)[C@@H]1CC(=O)N(c2ccc(Cl)cc2)C1. The molecular formula is C17H13Br2ClN2O2. The molecule has 124 valence electrons. The van der Waals surface area contributed by atoms with E-state index in [-0.39, 0.29) is 24.2 Å². The standard InChI is InChI=1S/C17H13Br2ClN2O2/c18-11-1-6-15(14(19)8-11)21-17(24)10-7-16(23)22(9-10)13-4-2-12(20)3-5-13/h1-6,8,10H,7,9H2,(H,21,24)/t10-/m1/s1. The van der Waals surface area contributed by atoms with Gasteiger partial charge >= 0.3 is 0 Å². The molecule has 2 aromatic carbocycles. The highest BCUT2D eigenvalue weighted by Gasteiger charge is 2.35. The summed E-state index contributed by atoms with van der Waals surface area (Å²) in [5.41, 5.74) is 1.44. The van der Waals surface area contributed by atoms with Gasteiger partial charge in [-0.2, -0.15) is 0 Å². The van der Waals surface area contributed by atoms with Crippen molar-refractivity contribution < 1.29 is 9.59 Å². The second-order valence-corrected chi connectivity index (χ2v) is 7.70. The van der Waals surface area contributed by atoms with Crippen LogP contribution in [0.15, 0.2) is 51.4 Å². The summed E-state index contributed by atoms with van der Waals surface area (Å²) in [5, 5.41) is 3.49. The fraction of sp³-hybridized carbons (Fsp3) is 0.176. The summed E-state index contributed by atoms with van der Waals surface area (Å²) >= 11 is 12.7. The van der Waals surface area contributed by atoms with Crippen molar-refractivity contribution in [1.29, 1.82) is 0 Å². The largest absolute Gasteiger partial charge is 0.325 e. The van der Waals surface area contributed by atoms with E-state index in [1.54, 1.807) is 35.2 Å². The third-order valence-electron chi connectivity index (χ3n) is 3.82. The minimum absolute atomic E-state index is 0.0626. The zero-order valence-corrected chi connectivity index (χ0v) is 16.4. The summed E-state index contributed by atoms with van der Waals surface area (Å²) in [6, 6.07) is 12.5. The summed E-state index contributed by atoms with van der Waals surface area (Å²) in [4.78, 5) is 26.3. The zero-order valence-electron chi connectivity index (χ0n) is 12.4. The quantitative estimate of drug-likeness (QED) is 0.694. The van der Waals surface area contributed by atoms with E-state index >= 15 is 0 Å². The van der Waals surface area contributed by atoms with Crippen LogP contribution in [0.1, 0.15) is 6.42 Å². The van der Waals surface area contributed by atoms with Crippen molar-refractivity contribution in [3.05, 3.63) is 56.4 Å². The smallest absolute Gasteiger partial charge is 0.229 e. The average molecular weight is 473 g/mol. The van der Waals surface area contributed by atoms with Crippen LogP contribution in [0.2, 0.25) is 5.02 Å². The van der Waals surface area contributed by atoms with Crippen molar-refractivity contribution in [1.82, 2.24) is 0 Å². The van der Waals surface area contributed by atoms with Crippen LogP contribution >= 0.6 is 43.5 Å². The average Bonchev–Trinajstić information content (AvgIpc) is 2.93. The summed E-state index contributed by atoms with van der Waals surface area (Å²) in [6.07, 6.45) is 0.197. The molecule has 24 heavy (non-hydrogen) atoms. The molecule has 1 aliphatic rings. The Labute approximate surface area is 161 Å². The number of nitrogens with one attached hydrogen (secondary N) is 1. The van der Waals surface area contributed by atoms with Crippen molar-refractivity contribution in [3.8, 4) is 0 Å². The van der Waals surface area contributed by atoms with Gasteiger partial charge in [0.15, 0.2) is 0 Å². The first-order valence-corrected chi connectivity index (χ1v) is 9.22. The number of carbonyl (C=O) groups excluding carboxylic acids is 2. The summed E-state index contributed by atoms with van der Waals surface area (Å²) in [6.45, 7) is 0.362. The Hall–Kier alpha value is -1.37. The molecule has 1 saturated heterocycles. The first-order valence-electron chi connectivity index (χ1n) is 7.26. The van der Waals surface area contributed by atoms with Crippen LogP contribution in [0.5, 0.6) is 0 Å². The Morgan fingerprint density at radius 1 is 1.17 bits per heavy atom. The van der Waals surface area contributed by atoms with Crippen molar-refractivity contribution in [2.24, 2.45) is 5.92 Å². The van der Waals surface area contributed by atoms with E-state index in [0.29, 0.717) is 17.3 Å². The number of halogens is 3. The number of benzene rings is 2. The summed E-state index contributed by atoms with van der Waals surface area (Å²) in [5.74, 6) is -0.612. The van der Waals surface area contributed by atoms with E-state index in [2.05, 4.69) is 37.2 Å². The molecule has 1 aliphatic heterocycles. The molecular weight excluding hydrogens is 459 g/mol. The van der Waals surface area contributed by atoms with E-state index < -0.39 is 0 Å². The van der Waals surface area contributed by atoms with Gasteiger partial charge in [0.1, 0.15) is 0 Å². The maximum Gasteiger partial charge on any atom is 0.229 e. The molecule has 0 unspecified atom stereocenters. The second-order valence-electron chi connectivity index (χ2n) is 5.50. The van der Waals surface area contributed by atoms with E-state index in [0.717, 1.165) is 14.6 Å². The Bertz CT molecular complexity index is 796. The third-order valence-corrected chi connectivity index (χ3v) is 5.22. The Morgan fingerprint density at radius 2 is 1.88 bits per heavy atom. The molecule has 0 bridgehead atoms. The maximum atomic E-state index is 12.5. The number of hydrogen-bond donors (Lipinski definition) is 1. The van der Waals surface area contributed by atoms with Gasteiger partial charge in [0.05, 0.1) is 11.6 Å². The molecule has 3 rings (SSSR count). The molecule has 0 radical (unpaired) electrons. The molecule has 0 spiro atoms. The van der Waals surface area contributed by atoms with Crippen LogP contribution in [0.3, 0.4) is 0 Å². The number of anilines is 2. The molecule has 4 nitrogen and oxygen atoms in total. The molecule has 1 atom stereocenters. The number of hydrogen-bond acceptors (Lipinski definition) is 2. The van der Waals surface area contributed by atoms with Crippen molar-refractivity contribution in [2.75, 3.05) is 16.8 Å². The fourth-order valence-electron chi connectivity index (χ4n) is 2.58. The van der Waals surface area contributed by atoms with Gasteiger partial charge in [-0.25, -0.2) is 0 Å². The Kier molecular flexibility index (Phi) is 5.27. The maximum absolute atomic E-state index is 12.5. The van der Waals surface area contributed by atoms with Gasteiger partial charge in [0.2, 0.25) is 11.8 Å². The first kappa shape index (κ1) is 17.5. The Morgan fingerprint density at radius 3 is 2.54 bits per heavy atom. The molecule has 0 aliphatic carbocycles. The lowest BCUT2D eigenvalue weighted by atomic mass is 10.1. The van der Waals surface area contributed by atoms with Crippen molar-refractivity contribution in [2.45, 2.75) is 6.42 Å². The van der Waals surface area contributed by atoms with Crippen LogP contribution in [-0.4, -0.2) is 18.4 Å². The predicted octanol–water partition coefficient (Wildman–Crippen LogP) is 4.86.